The highest BCUT2D eigenvalue weighted by atomic mass is 19.2. The van der Waals surface area contributed by atoms with E-state index < -0.39 is 22.9 Å². The number of terminal acetylenes is 1. The molecule has 0 unspecified atom stereocenters. The molecule has 0 atom stereocenters. The molecule has 1 aromatic rings. The zero-order valence-electron chi connectivity index (χ0n) is 7.87. The van der Waals surface area contributed by atoms with E-state index in [-0.39, 0.29) is 5.56 Å². The molecule has 0 spiro atoms. The highest BCUT2D eigenvalue weighted by Crippen LogP contribution is 2.26. The van der Waals surface area contributed by atoms with Gasteiger partial charge in [0.2, 0.25) is 0 Å². The molecule has 0 amide bonds. The molecule has 0 bridgehead atoms. The number of rotatable bonds is 1. The molecule has 0 aliphatic heterocycles. The number of hydrogen-bond acceptors (Lipinski definition) is 0. The highest BCUT2D eigenvalue weighted by Gasteiger charge is 2.23. The van der Waals surface area contributed by atoms with Crippen molar-refractivity contribution < 1.29 is 13.2 Å². The first-order valence-electron chi connectivity index (χ1n) is 4.01. The Morgan fingerprint density at radius 2 is 1.57 bits per heavy atom. The molecule has 0 aromatic heterocycles. The van der Waals surface area contributed by atoms with Crippen LogP contribution in [-0.4, -0.2) is 0 Å². The second-order valence-electron chi connectivity index (χ2n) is 3.52. The van der Waals surface area contributed by atoms with Crippen molar-refractivity contribution in [1.29, 1.82) is 0 Å². The molecular formula is C11H9F3. The van der Waals surface area contributed by atoms with Gasteiger partial charge in [0.25, 0.3) is 0 Å². The lowest BCUT2D eigenvalue weighted by atomic mass is 9.85. The molecule has 0 fully saturated rings. The molecule has 0 saturated heterocycles. The van der Waals surface area contributed by atoms with E-state index in [2.05, 4.69) is 5.92 Å². The van der Waals surface area contributed by atoms with Crippen LogP contribution in [0.2, 0.25) is 0 Å². The molecule has 3 heteroatoms. The molecule has 1 aromatic carbocycles. The Morgan fingerprint density at radius 3 is 2.07 bits per heavy atom. The molecular weight excluding hydrogens is 189 g/mol. The lowest BCUT2D eigenvalue weighted by Gasteiger charge is -2.18. The van der Waals surface area contributed by atoms with Crippen LogP contribution >= 0.6 is 0 Å². The van der Waals surface area contributed by atoms with Crippen molar-refractivity contribution in [3.05, 3.63) is 35.1 Å². The minimum absolute atomic E-state index is 0.0149. The Bertz CT molecular complexity index is 400. The fourth-order valence-electron chi connectivity index (χ4n) is 1.08. The monoisotopic (exact) mass is 198 g/mol. The quantitative estimate of drug-likeness (QED) is 0.480. The van der Waals surface area contributed by atoms with E-state index in [9.17, 15) is 13.2 Å². The van der Waals surface area contributed by atoms with E-state index in [1.165, 1.54) is 0 Å². The first-order valence-corrected chi connectivity index (χ1v) is 4.01. The summed E-state index contributed by atoms with van der Waals surface area (Å²) >= 11 is 0. The summed E-state index contributed by atoms with van der Waals surface area (Å²) in [6.45, 7) is 3.12. The Labute approximate surface area is 80.8 Å². The smallest absolute Gasteiger partial charge is 0.161 e. The van der Waals surface area contributed by atoms with Crippen LogP contribution < -0.4 is 0 Å². The minimum atomic E-state index is -1.21. The molecule has 0 heterocycles. The van der Waals surface area contributed by atoms with E-state index in [4.69, 9.17) is 6.42 Å². The molecule has 0 aliphatic rings. The molecule has 0 N–H and O–H groups in total. The fraction of sp³-hybridized carbons (Fsp3) is 0.273. The summed E-state index contributed by atoms with van der Waals surface area (Å²) in [5, 5.41) is 0. The highest BCUT2D eigenvalue weighted by molar-refractivity contribution is 5.33. The molecule has 0 radical (unpaired) electrons. The van der Waals surface area contributed by atoms with Crippen molar-refractivity contribution in [3.63, 3.8) is 0 Å². The lowest BCUT2D eigenvalue weighted by molar-refractivity contribution is 0.480. The van der Waals surface area contributed by atoms with Gasteiger partial charge in [0, 0.05) is 11.6 Å². The Kier molecular flexibility index (Phi) is 2.57. The van der Waals surface area contributed by atoms with Gasteiger partial charge in [0.15, 0.2) is 11.6 Å². The third kappa shape index (κ3) is 1.74. The van der Waals surface area contributed by atoms with Crippen LogP contribution in [0.4, 0.5) is 13.2 Å². The van der Waals surface area contributed by atoms with Crippen molar-refractivity contribution >= 4 is 0 Å². The van der Waals surface area contributed by atoms with Gasteiger partial charge in [-0.3, -0.25) is 0 Å². The van der Waals surface area contributed by atoms with Gasteiger partial charge in [-0.2, -0.15) is 0 Å². The summed E-state index contributed by atoms with van der Waals surface area (Å²) in [5.41, 5.74) is -0.961. The van der Waals surface area contributed by atoms with Crippen molar-refractivity contribution in [2.75, 3.05) is 0 Å². The van der Waals surface area contributed by atoms with Crippen molar-refractivity contribution in [3.8, 4) is 12.3 Å². The Balaban J connectivity index is 3.38. The fourth-order valence-corrected chi connectivity index (χ4v) is 1.08. The number of halogens is 3. The molecule has 74 valence electrons. The number of hydrogen-bond donors (Lipinski definition) is 0. The predicted octanol–water partition coefficient (Wildman–Crippen LogP) is 3.01. The van der Waals surface area contributed by atoms with Gasteiger partial charge in [-0.05, 0) is 19.9 Å². The largest absolute Gasteiger partial charge is 0.207 e. The summed E-state index contributed by atoms with van der Waals surface area (Å²) in [6, 6.07) is 1.30. The third-order valence-corrected chi connectivity index (χ3v) is 2.04. The lowest BCUT2D eigenvalue weighted by Crippen LogP contribution is -2.16. The van der Waals surface area contributed by atoms with Crippen LogP contribution in [0.15, 0.2) is 12.1 Å². The maximum absolute atomic E-state index is 13.2. The van der Waals surface area contributed by atoms with Crippen molar-refractivity contribution in [1.82, 2.24) is 0 Å². The zero-order valence-corrected chi connectivity index (χ0v) is 7.87. The predicted molar refractivity (Wildman–Crippen MR) is 48.2 cm³/mol. The van der Waals surface area contributed by atoms with Gasteiger partial charge in [0.1, 0.15) is 5.82 Å². The minimum Gasteiger partial charge on any atom is -0.207 e. The van der Waals surface area contributed by atoms with E-state index >= 15 is 0 Å². The average molecular weight is 198 g/mol. The molecule has 0 aliphatic carbocycles. The van der Waals surface area contributed by atoms with E-state index in [1.807, 2.05) is 0 Å². The van der Waals surface area contributed by atoms with Crippen LogP contribution in [-0.2, 0) is 5.41 Å². The molecule has 0 nitrogen and oxygen atoms in total. The van der Waals surface area contributed by atoms with Crippen LogP contribution in [0, 0.1) is 29.8 Å². The third-order valence-electron chi connectivity index (χ3n) is 2.04. The van der Waals surface area contributed by atoms with Crippen LogP contribution in [0.25, 0.3) is 0 Å². The standard InChI is InChI=1S/C11H9F3/c1-4-11(2,3)7-5-9(13)10(14)6-8(7)12/h1,5-6H,2-3H3. The van der Waals surface area contributed by atoms with E-state index in [0.29, 0.717) is 6.07 Å². The molecule has 14 heavy (non-hydrogen) atoms. The van der Waals surface area contributed by atoms with Crippen LogP contribution in [0.3, 0.4) is 0 Å². The zero-order chi connectivity index (χ0) is 10.9. The van der Waals surface area contributed by atoms with Gasteiger partial charge in [-0.1, -0.05) is 5.92 Å². The second kappa shape index (κ2) is 3.38. The van der Waals surface area contributed by atoms with Gasteiger partial charge in [-0.25, -0.2) is 13.2 Å². The number of benzene rings is 1. The normalized spacial score (nSPS) is 11.1. The van der Waals surface area contributed by atoms with Crippen LogP contribution in [0.5, 0.6) is 0 Å². The van der Waals surface area contributed by atoms with Gasteiger partial charge in [-0.15, -0.1) is 6.42 Å². The topological polar surface area (TPSA) is 0 Å². The summed E-state index contributed by atoms with van der Waals surface area (Å²) in [4.78, 5) is 0. The Hall–Kier alpha value is -1.43. The summed E-state index contributed by atoms with van der Waals surface area (Å²) < 4.78 is 38.6. The SMILES string of the molecule is C#CC(C)(C)c1cc(F)c(F)cc1F. The second-order valence-corrected chi connectivity index (χ2v) is 3.52. The van der Waals surface area contributed by atoms with E-state index in [0.717, 1.165) is 6.07 Å². The van der Waals surface area contributed by atoms with Crippen LogP contribution in [0.1, 0.15) is 19.4 Å². The van der Waals surface area contributed by atoms with Crippen molar-refractivity contribution in [2.24, 2.45) is 0 Å². The Morgan fingerprint density at radius 1 is 1.07 bits per heavy atom. The average Bonchev–Trinajstić information content (AvgIpc) is 2.11. The first-order chi connectivity index (χ1) is 6.38. The maximum Gasteiger partial charge on any atom is 0.161 e. The van der Waals surface area contributed by atoms with Gasteiger partial charge in [0.05, 0.1) is 5.41 Å². The summed E-state index contributed by atoms with van der Waals surface area (Å²) in [5.74, 6) is -0.813. The first kappa shape index (κ1) is 10.6. The molecule has 1 rings (SSSR count). The van der Waals surface area contributed by atoms with Gasteiger partial charge >= 0.3 is 0 Å². The van der Waals surface area contributed by atoms with E-state index in [1.54, 1.807) is 13.8 Å². The van der Waals surface area contributed by atoms with Gasteiger partial charge < -0.3 is 0 Å². The van der Waals surface area contributed by atoms with Crippen molar-refractivity contribution in [2.45, 2.75) is 19.3 Å². The summed E-state index contributed by atoms with van der Waals surface area (Å²) in [7, 11) is 0. The maximum atomic E-state index is 13.2. The summed E-state index contributed by atoms with van der Waals surface area (Å²) in [6.07, 6.45) is 5.16. The molecule has 0 saturated carbocycles.